The molecule has 0 fully saturated rings. The molecule has 1 amide bonds. The summed E-state index contributed by atoms with van der Waals surface area (Å²) in [5.41, 5.74) is 0.766. The van der Waals surface area contributed by atoms with E-state index in [0.717, 1.165) is 11.6 Å². The Hall–Kier alpha value is -2.27. The third-order valence-electron chi connectivity index (χ3n) is 3.51. The summed E-state index contributed by atoms with van der Waals surface area (Å²) >= 11 is 5.70. The Kier molecular flexibility index (Phi) is 6.04. The van der Waals surface area contributed by atoms with Gasteiger partial charge in [0.25, 0.3) is 5.91 Å². The molecule has 0 bridgehead atoms. The lowest BCUT2D eigenvalue weighted by molar-refractivity contribution is 0.0936. The highest BCUT2D eigenvalue weighted by Gasteiger charge is 2.17. The van der Waals surface area contributed by atoms with Gasteiger partial charge in [-0.15, -0.1) is 0 Å². The number of amides is 1. The zero-order chi connectivity index (χ0) is 17.7. The van der Waals surface area contributed by atoms with E-state index in [4.69, 9.17) is 21.1 Å². The fourth-order valence-electron chi connectivity index (χ4n) is 2.26. The molecule has 1 atom stereocenters. The molecule has 2 aromatic rings. The molecule has 0 aliphatic carbocycles. The maximum absolute atomic E-state index is 13.8. The summed E-state index contributed by atoms with van der Waals surface area (Å²) in [6.45, 7) is 4.22. The second-order valence-electron chi connectivity index (χ2n) is 5.16. The van der Waals surface area contributed by atoms with Gasteiger partial charge in [-0.3, -0.25) is 4.79 Å². The highest BCUT2D eigenvalue weighted by molar-refractivity contribution is 6.30. The minimum Gasteiger partial charge on any atom is -0.493 e. The van der Waals surface area contributed by atoms with Crippen LogP contribution in [0.4, 0.5) is 4.39 Å². The maximum Gasteiger partial charge on any atom is 0.254 e. The highest BCUT2D eigenvalue weighted by atomic mass is 35.5. The highest BCUT2D eigenvalue weighted by Crippen LogP contribution is 2.30. The van der Waals surface area contributed by atoms with Crippen LogP contribution in [-0.2, 0) is 0 Å². The van der Waals surface area contributed by atoms with Gasteiger partial charge in [-0.2, -0.15) is 0 Å². The quantitative estimate of drug-likeness (QED) is 0.840. The number of nitrogens with one attached hydrogen (secondary N) is 1. The molecule has 0 saturated heterocycles. The molecule has 1 N–H and O–H groups in total. The van der Waals surface area contributed by atoms with Crippen LogP contribution in [-0.4, -0.2) is 19.6 Å². The van der Waals surface area contributed by atoms with Gasteiger partial charge < -0.3 is 14.8 Å². The third kappa shape index (κ3) is 4.17. The first-order valence-corrected chi connectivity index (χ1v) is 7.90. The van der Waals surface area contributed by atoms with Crippen LogP contribution in [0.2, 0.25) is 5.02 Å². The van der Waals surface area contributed by atoms with Gasteiger partial charge in [0.15, 0.2) is 11.5 Å². The van der Waals surface area contributed by atoms with E-state index in [9.17, 15) is 9.18 Å². The summed E-state index contributed by atoms with van der Waals surface area (Å²) in [6, 6.07) is 9.01. The van der Waals surface area contributed by atoms with E-state index in [-0.39, 0.29) is 16.6 Å². The molecule has 0 spiro atoms. The van der Waals surface area contributed by atoms with Crippen molar-refractivity contribution >= 4 is 17.5 Å². The van der Waals surface area contributed by atoms with Crippen LogP contribution in [0.3, 0.4) is 0 Å². The Morgan fingerprint density at radius 2 is 2.00 bits per heavy atom. The van der Waals surface area contributed by atoms with Gasteiger partial charge in [-0.25, -0.2) is 4.39 Å². The van der Waals surface area contributed by atoms with Crippen LogP contribution in [0.1, 0.15) is 35.8 Å². The minimum atomic E-state index is -0.656. The van der Waals surface area contributed by atoms with E-state index in [0.29, 0.717) is 18.1 Å². The number of carbonyl (C=O) groups excluding carboxylic acids is 1. The van der Waals surface area contributed by atoms with Crippen molar-refractivity contribution in [3.63, 3.8) is 0 Å². The second kappa shape index (κ2) is 8.02. The van der Waals surface area contributed by atoms with Crippen LogP contribution in [0.5, 0.6) is 11.5 Å². The summed E-state index contributed by atoms with van der Waals surface area (Å²) in [5.74, 6) is 0.0418. The van der Waals surface area contributed by atoms with Crippen molar-refractivity contribution in [1.82, 2.24) is 5.32 Å². The average molecular weight is 352 g/mol. The summed E-state index contributed by atoms with van der Waals surface area (Å²) in [4.78, 5) is 12.2. The summed E-state index contributed by atoms with van der Waals surface area (Å²) < 4.78 is 24.6. The molecule has 1 unspecified atom stereocenters. The normalized spacial score (nSPS) is 11.7. The molecule has 0 saturated carbocycles. The van der Waals surface area contributed by atoms with Crippen LogP contribution < -0.4 is 14.8 Å². The molecule has 0 aliphatic heterocycles. The second-order valence-corrected chi connectivity index (χ2v) is 5.60. The predicted octanol–water partition coefficient (Wildman–Crippen LogP) is 4.38. The lowest BCUT2D eigenvalue weighted by atomic mass is 10.1. The zero-order valence-corrected chi connectivity index (χ0v) is 14.5. The molecule has 6 heteroatoms. The van der Waals surface area contributed by atoms with Crippen molar-refractivity contribution in [2.24, 2.45) is 0 Å². The smallest absolute Gasteiger partial charge is 0.254 e. The standard InChI is InChI=1S/C18H19ClFNO3/c1-4-24-16-8-5-12(9-17(16)23-3)11(2)21-18(22)14-7-6-13(19)10-15(14)20/h5-11H,4H2,1-3H3,(H,21,22). The van der Waals surface area contributed by atoms with Crippen molar-refractivity contribution in [2.75, 3.05) is 13.7 Å². The van der Waals surface area contributed by atoms with Crippen molar-refractivity contribution in [2.45, 2.75) is 19.9 Å². The SMILES string of the molecule is CCOc1ccc(C(C)NC(=O)c2ccc(Cl)cc2F)cc1OC. The van der Waals surface area contributed by atoms with Crippen LogP contribution in [0.25, 0.3) is 0 Å². The van der Waals surface area contributed by atoms with Crippen molar-refractivity contribution in [3.05, 3.63) is 58.4 Å². The number of carbonyl (C=O) groups is 1. The topological polar surface area (TPSA) is 47.6 Å². The van der Waals surface area contributed by atoms with E-state index in [1.165, 1.54) is 12.1 Å². The Morgan fingerprint density at radius 1 is 1.25 bits per heavy atom. The fourth-order valence-corrected chi connectivity index (χ4v) is 2.42. The van der Waals surface area contributed by atoms with Gasteiger partial charge in [0.2, 0.25) is 0 Å². The molecular weight excluding hydrogens is 333 g/mol. The zero-order valence-electron chi connectivity index (χ0n) is 13.7. The van der Waals surface area contributed by atoms with Gasteiger partial charge in [0.05, 0.1) is 25.3 Å². The van der Waals surface area contributed by atoms with Crippen molar-refractivity contribution in [1.29, 1.82) is 0 Å². The van der Waals surface area contributed by atoms with E-state index >= 15 is 0 Å². The number of methoxy groups -OCH3 is 1. The summed E-state index contributed by atoms with van der Waals surface area (Å²) in [6.07, 6.45) is 0. The first-order valence-electron chi connectivity index (χ1n) is 7.53. The monoisotopic (exact) mass is 351 g/mol. The van der Waals surface area contributed by atoms with Crippen LogP contribution in [0.15, 0.2) is 36.4 Å². The first kappa shape index (κ1) is 18.1. The van der Waals surface area contributed by atoms with Gasteiger partial charge in [0.1, 0.15) is 5.82 Å². The van der Waals surface area contributed by atoms with Crippen molar-refractivity contribution in [3.8, 4) is 11.5 Å². The summed E-state index contributed by atoms with van der Waals surface area (Å²) in [7, 11) is 1.55. The van der Waals surface area contributed by atoms with Crippen LogP contribution >= 0.6 is 11.6 Å². The van der Waals surface area contributed by atoms with Gasteiger partial charge in [-0.05, 0) is 49.7 Å². The van der Waals surface area contributed by atoms with E-state index in [2.05, 4.69) is 5.32 Å². The van der Waals surface area contributed by atoms with E-state index in [1.54, 1.807) is 26.2 Å². The Bertz CT molecular complexity index is 736. The van der Waals surface area contributed by atoms with E-state index in [1.807, 2.05) is 13.0 Å². The number of rotatable bonds is 6. The van der Waals surface area contributed by atoms with Gasteiger partial charge in [-0.1, -0.05) is 17.7 Å². The molecule has 2 aromatic carbocycles. The van der Waals surface area contributed by atoms with Gasteiger partial charge in [0, 0.05) is 5.02 Å². The molecule has 4 nitrogen and oxygen atoms in total. The number of ether oxygens (including phenoxy) is 2. The number of hydrogen-bond acceptors (Lipinski definition) is 3. The molecule has 0 aliphatic rings. The number of benzene rings is 2. The van der Waals surface area contributed by atoms with Crippen LogP contribution in [0, 0.1) is 5.82 Å². The largest absolute Gasteiger partial charge is 0.493 e. The molecule has 2 rings (SSSR count). The molecule has 0 aromatic heterocycles. The van der Waals surface area contributed by atoms with E-state index < -0.39 is 11.7 Å². The first-order chi connectivity index (χ1) is 11.5. The minimum absolute atomic E-state index is 0.0517. The van der Waals surface area contributed by atoms with Gasteiger partial charge >= 0.3 is 0 Å². The third-order valence-corrected chi connectivity index (χ3v) is 3.75. The summed E-state index contributed by atoms with van der Waals surface area (Å²) in [5, 5.41) is 3.00. The van der Waals surface area contributed by atoms with Crippen molar-refractivity contribution < 1.29 is 18.7 Å². The Labute approximate surface area is 145 Å². The Balaban J connectivity index is 2.16. The molecule has 24 heavy (non-hydrogen) atoms. The number of halogens is 2. The predicted molar refractivity (Wildman–Crippen MR) is 91.5 cm³/mol. The molecular formula is C18H19ClFNO3. The molecule has 0 heterocycles. The molecule has 0 radical (unpaired) electrons. The lowest BCUT2D eigenvalue weighted by Crippen LogP contribution is -2.27. The average Bonchev–Trinajstić information content (AvgIpc) is 2.55. The molecule has 128 valence electrons. The Morgan fingerprint density at radius 3 is 2.62 bits per heavy atom. The fraction of sp³-hybridized carbons (Fsp3) is 0.278. The lowest BCUT2D eigenvalue weighted by Gasteiger charge is -2.17. The number of hydrogen-bond donors (Lipinski definition) is 1. The maximum atomic E-state index is 13.8.